The Morgan fingerprint density at radius 3 is 2.45 bits per heavy atom. The number of nitrogens with one attached hydrogen (secondary N) is 1. The lowest BCUT2D eigenvalue weighted by molar-refractivity contribution is 0.626. The van der Waals surface area contributed by atoms with Gasteiger partial charge < -0.3 is 5.32 Å². The van der Waals surface area contributed by atoms with Gasteiger partial charge in [0.25, 0.3) is 0 Å². The zero-order chi connectivity index (χ0) is 14.4. The van der Waals surface area contributed by atoms with Crippen molar-refractivity contribution in [3.63, 3.8) is 0 Å². The quantitative estimate of drug-likeness (QED) is 0.742. The SMILES string of the molecule is CCCNCc1ccc(Sc2ccc(F)cc2)cc1Cl. The lowest BCUT2D eigenvalue weighted by atomic mass is 10.2. The molecule has 1 N–H and O–H groups in total. The smallest absolute Gasteiger partial charge is 0.123 e. The molecule has 2 rings (SSSR count). The van der Waals surface area contributed by atoms with Gasteiger partial charge >= 0.3 is 0 Å². The van der Waals surface area contributed by atoms with Crippen LogP contribution >= 0.6 is 23.4 Å². The monoisotopic (exact) mass is 309 g/mol. The Morgan fingerprint density at radius 2 is 1.80 bits per heavy atom. The summed E-state index contributed by atoms with van der Waals surface area (Å²) in [5, 5.41) is 4.10. The molecule has 2 aromatic rings. The molecule has 2 aromatic carbocycles. The summed E-state index contributed by atoms with van der Waals surface area (Å²) in [7, 11) is 0. The summed E-state index contributed by atoms with van der Waals surface area (Å²) >= 11 is 7.86. The highest BCUT2D eigenvalue weighted by atomic mass is 35.5. The molecule has 0 atom stereocenters. The summed E-state index contributed by atoms with van der Waals surface area (Å²) in [4.78, 5) is 2.06. The second-order valence-electron chi connectivity index (χ2n) is 4.49. The standard InChI is InChI=1S/C16H17ClFNS/c1-2-9-19-11-12-3-6-15(10-16(12)17)20-14-7-4-13(18)5-8-14/h3-8,10,19H,2,9,11H2,1H3. The average molecular weight is 310 g/mol. The molecule has 0 aliphatic rings. The molecule has 106 valence electrons. The molecule has 0 aliphatic heterocycles. The van der Waals surface area contributed by atoms with Gasteiger partial charge in [-0.2, -0.15) is 0 Å². The molecule has 4 heteroatoms. The second kappa shape index (κ2) is 7.67. The van der Waals surface area contributed by atoms with Crippen molar-refractivity contribution in [2.45, 2.75) is 29.7 Å². The lowest BCUT2D eigenvalue weighted by Crippen LogP contribution is -2.13. The third-order valence-electron chi connectivity index (χ3n) is 2.82. The summed E-state index contributed by atoms with van der Waals surface area (Å²) in [5.41, 5.74) is 1.10. The van der Waals surface area contributed by atoms with Crippen LogP contribution in [0.25, 0.3) is 0 Å². The van der Waals surface area contributed by atoms with Gasteiger partial charge in [-0.25, -0.2) is 4.39 Å². The molecule has 0 heterocycles. The van der Waals surface area contributed by atoms with E-state index in [0.29, 0.717) is 0 Å². The van der Waals surface area contributed by atoms with Gasteiger partial charge in [-0.15, -0.1) is 0 Å². The van der Waals surface area contributed by atoms with Gasteiger partial charge in [-0.05, 0) is 54.9 Å². The number of hydrogen-bond donors (Lipinski definition) is 1. The minimum atomic E-state index is -0.218. The first kappa shape index (κ1) is 15.4. The number of benzene rings is 2. The molecule has 0 spiro atoms. The van der Waals surface area contributed by atoms with Crippen molar-refractivity contribution in [2.24, 2.45) is 0 Å². The van der Waals surface area contributed by atoms with Crippen molar-refractivity contribution < 1.29 is 4.39 Å². The Bertz CT molecular complexity index is 557. The van der Waals surface area contributed by atoms with E-state index in [9.17, 15) is 4.39 Å². The third-order valence-corrected chi connectivity index (χ3v) is 4.17. The lowest BCUT2D eigenvalue weighted by Gasteiger charge is -2.08. The van der Waals surface area contributed by atoms with Crippen molar-refractivity contribution in [2.75, 3.05) is 6.54 Å². The molecular formula is C16H17ClFNS. The Balaban J connectivity index is 2.03. The zero-order valence-corrected chi connectivity index (χ0v) is 12.9. The van der Waals surface area contributed by atoms with Crippen LogP contribution in [-0.2, 0) is 6.54 Å². The van der Waals surface area contributed by atoms with E-state index in [1.165, 1.54) is 12.1 Å². The third kappa shape index (κ3) is 4.51. The molecular weight excluding hydrogens is 293 g/mol. The minimum absolute atomic E-state index is 0.218. The summed E-state index contributed by atoms with van der Waals surface area (Å²) in [6.07, 6.45) is 1.11. The van der Waals surface area contributed by atoms with Crippen LogP contribution < -0.4 is 5.32 Å². The Labute approximate surface area is 128 Å². The maximum Gasteiger partial charge on any atom is 0.123 e. The summed E-state index contributed by atoms with van der Waals surface area (Å²) < 4.78 is 12.9. The zero-order valence-electron chi connectivity index (χ0n) is 11.3. The van der Waals surface area contributed by atoms with Crippen LogP contribution in [-0.4, -0.2) is 6.54 Å². The highest BCUT2D eigenvalue weighted by Crippen LogP contribution is 2.30. The van der Waals surface area contributed by atoms with Gasteiger partial charge in [0.1, 0.15) is 5.82 Å². The topological polar surface area (TPSA) is 12.0 Å². The summed E-state index contributed by atoms with van der Waals surface area (Å²) in [5.74, 6) is -0.218. The van der Waals surface area contributed by atoms with E-state index >= 15 is 0 Å². The largest absolute Gasteiger partial charge is 0.313 e. The van der Waals surface area contributed by atoms with Crippen LogP contribution in [0.5, 0.6) is 0 Å². The Kier molecular flexibility index (Phi) is 5.89. The van der Waals surface area contributed by atoms with E-state index in [0.717, 1.165) is 39.9 Å². The summed E-state index contributed by atoms with van der Waals surface area (Å²) in [6, 6.07) is 12.5. The number of hydrogen-bond acceptors (Lipinski definition) is 2. The van der Waals surface area contributed by atoms with Crippen LogP contribution in [0, 0.1) is 5.82 Å². The van der Waals surface area contributed by atoms with Crippen molar-refractivity contribution in [3.8, 4) is 0 Å². The van der Waals surface area contributed by atoms with Gasteiger partial charge in [0, 0.05) is 21.4 Å². The fourth-order valence-electron chi connectivity index (χ4n) is 1.77. The van der Waals surface area contributed by atoms with Gasteiger partial charge in [0.15, 0.2) is 0 Å². The van der Waals surface area contributed by atoms with Crippen LogP contribution in [0.2, 0.25) is 5.02 Å². The fourth-order valence-corrected chi connectivity index (χ4v) is 2.94. The number of rotatable bonds is 6. The fraction of sp³-hybridized carbons (Fsp3) is 0.250. The molecule has 0 unspecified atom stereocenters. The van der Waals surface area contributed by atoms with Crippen molar-refractivity contribution in [1.82, 2.24) is 5.32 Å². The van der Waals surface area contributed by atoms with E-state index < -0.39 is 0 Å². The Hall–Kier alpha value is -1.03. The predicted octanol–water partition coefficient (Wildman–Crippen LogP) is 5.13. The van der Waals surface area contributed by atoms with E-state index in [1.807, 2.05) is 18.2 Å². The highest BCUT2D eigenvalue weighted by Gasteiger charge is 2.03. The van der Waals surface area contributed by atoms with Crippen molar-refractivity contribution >= 4 is 23.4 Å². The first-order valence-corrected chi connectivity index (χ1v) is 7.81. The molecule has 0 saturated carbocycles. The van der Waals surface area contributed by atoms with Gasteiger partial charge in [0.05, 0.1) is 0 Å². The maximum absolute atomic E-state index is 12.9. The Morgan fingerprint density at radius 1 is 1.10 bits per heavy atom. The molecule has 0 aliphatic carbocycles. The van der Waals surface area contributed by atoms with Crippen LogP contribution in [0.1, 0.15) is 18.9 Å². The maximum atomic E-state index is 12.9. The van der Waals surface area contributed by atoms with Crippen molar-refractivity contribution in [1.29, 1.82) is 0 Å². The number of halogens is 2. The second-order valence-corrected chi connectivity index (χ2v) is 6.04. The predicted molar refractivity (Wildman–Crippen MR) is 84.0 cm³/mol. The molecule has 20 heavy (non-hydrogen) atoms. The molecule has 0 fully saturated rings. The van der Waals surface area contributed by atoms with Gasteiger partial charge in [-0.3, -0.25) is 0 Å². The van der Waals surface area contributed by atoms with E-state index in [4.69, 9.17) is 11.6 Å². The molecule has 0 saturated heterocycles. The molecule has 1 nitrogen and oxygen atoms in total. The van der Waals surface area contributed by atoms with Crippen LogP contribution in [0.15, 0.2) is 52.3 Å². The average Bonchev–Trinajstić information content (AvgIpc) is 2.44. The van der Waals surface area contributed by atoms with Crippen molar-refractivity contribution in [3.05, 3.63) is 58.9 Å². The summed E-state index contributed by atoms with van der Waals surface area (Å²) in [6.45, 7) is 3.91. The molecule has 0 aromatic heterocycles. The van der Waals surface area contributed by atoms with Crippen LogP contribution in [0.3, 0.4) is 0 Å². The first-order chi connectivity index (χ1) is 9.69. The van der Waals surface area contributed by atoms with Crippen LogP contribution in [0.4, 0.5) is 4.39 Å². The minimum Gasteiger partial charge on any atom is -0.313 e. The van der Waals surface area contributed by atoms with E-state index in [-0.39, 0.29) is 5.82 Å². The van der Waals surface area contributed by atoms with Gasteiger partial charge in [-0.1, -0.05) is 36.4 Å². The first-order valence-electron chi connectivity index (χ1n) is 6.61. The van der Waals surface area contributed by atoms with E-state index in [1.54, 1.807) is 23.9 Å². The molecule has 0 amide bonds. The normalized spacial score (nSPS) is 10.8. The molecule has 0 radical (unpaired) electrons. The van der Waals surface area contributed by atoms with E-state index in [2.05, 4.69) is 12.2 Å². The molecule has 0 bridgehead atoms. The highest BCUT2D eigenvalue weighted by molar-refractivity contribution is 7.99. The van der Waals surface area contributed by atoms with Gasteiger partial charge in [0.2, 0.25) is 0 Å².